The Balaban J connectivity index is 1.40. The zero-order valence-electron chi connectivity index (χ0n) is 16.8. The quantitative estimate of drug-likeness (QED) is 0.552. The molecule has 1 atom stereocenters. The van der Waals surface area contributed by atoms with Gasteiger partial charge in [0.2, 0.25) is 11.9 Å². The number of aromatic nitrogens is 3. The molecule has 1 saturated heterocycles. The van der Waals surface area contributed by atoms with Crippen molar-refractivity contribution in [2.75, 3.05) is 23.3 Å². The molecule has 0 radical (unpaired) electrons. The van der Waals surface area contributed by atoms with E-state index in [-0.39, 0.29) is 23.3 Å². The van der Waals surface area contributed by atoms with Gasteiger partial charge in [0.15, 0.2) is 5.13 Å². The van der Waals surface area contributed by atoms with Crippen LogP contribution in [0.3, 0.4) is 0 Å². The van der Waals surface area contributed by atoms with Crippen molar-refractivity contribution in [1.82, 2.24) is 15.0 Å². The number of rotatable bonds is 5. The van der Waals surface area contributed by atoms with E-state index < -0.39 is 11.7 Å². The minimum absolute atomic E-state index is 0.149. The Morgan fingerprint density at radius 2 is 2.03 bits per heavy atom. The molecule has 6 nitrogen and oxygen atoms in total. The first-order chi connectivity index (χ1) is 15.3. The van der Waals surface area contributed by atoms with Gasteiger partial charge in [-0.2, -0.15) is 13.2 Å². The van der Waals surface area contributed by atoms with Crippen LogP contribution >= 0.6 is 22.9 Å². The van der Waals surface area contributed by atoms with Crippen LogP contribution in [0.2, 0.25) is 5.02 Å². The van der Waals surface area contributed by atoms with Crippen molar-refractivity contribution in [3.8, 4) is 0 Å². The van der Waals surface area contributed by atoms with Gasteiger partial charge in [-0.05, 0) is 42.7 Å². The minimum Gasteiger partial charge on any atom is -0.340 e. The van der Waals surface area contributed by atoms with Gasteiger partial charge >= 0.3 is 6.18 Å². The maximum Gasteiger partial charge on any atom is 0.416 e. The molecular formula is C21H19ClF3N5OS. The van der Waals surface area contributed by atoms with Gasteiger partial charge < -0.3 is 10.2 Å². The number of thiazole rings is 1. The van der Waals surface area contributed by atoms with Crippen molar-refractivity contribution >= 4 is 39.9 Å². The second kappa shape index (κ2) is 9.41. The van der Waals surface area contributed by atoms with Crippen molar-refractivity contribution in [3.05, 3.63) is 63.9 Å². The summed E-state index contributed by atoms with van der Waals surface area (Å²) in [6.45, 7) is 1.29. The molecule has 0 bridgehead atoms. The number of carbonyl (C=O) groups is 1. The lowest BCUT2D eigenvalue weighted by Gasteiger charge is -2.31. The largest absolute Gasteiger partial charge is 0.416 e. The van der Waals surface area contributed by atoms with E-state index in [1.807, 2.05) is 4.90 Å². The van der Waals surface area contributed by atoms with E-state index in [4.69, 9.17) is 11.6 Å². The van der Waals surface area contributed by atoms with E-state index in [0.717, 1.165) is 31.5 Å². The Bertz CT molecular complexity index is 1090. The maximum atomic E-state index is 13.0. The summed E-state index contributed by atoms with van der Waals surface area (Å²) in [5.74, 6) is 0.209. The van der Waals surface area contributed by atoms with Crippen LogP contribution in [-0.4, -0.2) is 33.9 Å². The summed E-state index contributed by atoms with van der Waals surface area (Å²) in [5.41, 5.74) is -0.395. The lowest BCUT2D eigenvalue weighted by molar-refractivity contribution is -0.137. The number of carbonyl (C=O) groups excluding carboxylic acids is 1. The second-order valence-corrected chi connectivity index (χ2v) is 8.96. The number of benzene rings is 1. The van der Waals surface area contributed by atoms with Gasteiger partial charge in [0.05, 0.1) is 11.5 Å². The van der Waals surface area contributed by atoms with Gasteiger partial charge in [-0.1, -0.05) is 11.6 Å². The van der Waals surface area contributed by atoms with Crippen molar-refractivity contribution in [3.63, 3.8) is 0 Å². The van der Waals surface area contributed by atoms with Crippen LogP contribution < -0.4 is 10.2 Å². The minimum atomic E-state index is -4.44. The molecule has 0 spiro atoms. The normalized spacial score (nSPS) is 16.8. The number of hydrogen-bond donors (Lipinski definition) is 1. The summed E-state index contributed by atoms with van der Waals surface area (Å²) in [6.07, 6.45) is 2.21. The molecule has 1 fully saturated rings. The molecule has 168 valence electrons. The third-order valence-electron chi connectivity index (χ3n) is 5.15. The Labute approximate surface area is 191 Å². The molecule has 0 aliphatic carbocycles. The number of hydrogen-bond acceptors (Lipinski definition) is 6. The van der Waals surface area contributed by atoms with Gasteiger partial charge in [0.25, 0.3) is 0 Å². The predicted molar refractivity (Wildman–Crippen MR) is 117 cm³/mol. The van der Waals surface area contributed by atoms with Crippen LogP contribution in [-0.2, 0) is 17.4 Å². The fourth-order valence-corrected chi connectivity index (χ4v) is 4.58. The third-order valence-corrected chi connectivity index (χ3v) is 6.43. The predicted octanol–water partition coefficient (Wildman–Crippen LogP) is 5.05. The van der Waals surface area contributed by atoms with Gasteiger partial charge in [-0.25, -0.2) is 15.0 Å². The van der Waals surface area contributed by atoms with Gasteiger partial charge in [-0.3, -0.25) is 4.79 Å². The van der Waals surface area contributed by atoms with E-state index >= 15 is 0 Å². The summed E-state index contributed by atoms with van der Waals surface area (Å²) in [7, 11) is 0. The van der Waals surface area contributed by atoms with Crippen molar-refractivity contribution in [1.29, 1.82) is 0 Å². The maximum absolute atomic E-state index is 13.0. The number of halogens is 4. The zero-order valence-corrected chi connectivity index (χ0v) is 18.3. The molecule has 3 heterocycles. The number of amides is 1. The molecule has 1 amide bonds. The smallest absolute Gasteiger partial charge is 0.340 e. The van der Waals surface area contributed by atoms with Gasteiger partial charge in [-0.15, -0.1) is 11.3 Å². The zero-order chi connectivity index (χ0) is 22.7. The monoisotopic (exact) mass is 481 g/mol. The lowest BCUT2D eigenvalue weighted by Crippen LogP contribution is -2.41. The molecule has 1 aliphatic heterocycles. The second-order valence-electron chi connectivity index (χ2n) is 7.44. The molecule has 1 N–H and O–H groups in total. The van der Waals surface area contributed by atoms with E-state index in [9.17, 15) is 18.0 Å². The van der Waals surface area contributed by atoms with Gasteiger partial charge in [0.1, 0.15) is 0 Å². The van der Waals surface area contributed by atoms with Crippen LogP contribution in [0.25, 0.3) is 0 Å². The lowest BCUT2D eigenvalue weighted by atomic mass is 9.97. The average Bonchev–Trinajstić information content (AvgIpc) is 3.22. The molecule has 1 unspecified atom stereocenters. The Kier molecular flexibility index (Phi) is 6.61. The van der Waals surface area contributed by atoms with Crippen molar-refractivity contribution < 1.29 is 18.0 Å². The van der Waals surface area contributed by atoms with Crippen LogP contribution in [0, 0.1) is 5.92 Å². The number of piperidine rings is 1. The van der Waals surface area contributed by atoms with Crippen LogP contribution in [0.5, 0.6) is 0 Å². The molecule has 32 heavy (non-hydrogen) atoms. The average molecular weight is 482 g/mol. The van der Waals surface area contributed by atoms with E-state index in [1.54, 1.807) is 24.7 Å². The first kappa shape index (κ1) is 22.5. The molecule has 4 rings (SSSR count). The van der Waals surface area contributed by atoms with E-state index in [2.05, 4.69) is 20.3 Å². The summed E-state index contributed by atoms with van der Waals surface area (Å²) < 4.78 is 39.0. The summed E-state index contributed by atoms with van der Waals surface area (Å²) >= 11 is 7.30. The van der Waals surface area contributed by atoms with Crippen LogP contribution in [0.1, 0.15) is 28.8 Å². The fourth-order valence-electron chi connectivity index (χ4n) is 3.56. The molecule has 0 saturated carbocycles. The number of nitrogens with zero attached hydrogens (tertiary/aromatic N) is 4. The Morgan fingerprint density at radius 1 is 1.25 bits per heavy atom. The van der Waals surface area contributed by atoms with E-state index in [1.165, 1.54) is 17.4 Å². The number of alkyl halides is 3. The highest BCUT2D eigenvalue weighted by atomic mass is 35.5. The molecular weight excluding hydrogens is 463 g/mol. The molecule has 1 aromatic carbocycles. The first-order valence-electron chi connectivity index (χ1n) is 9.93. The molecule has 11 heteroatoms. The topological polar surface area (TPSA) is 71.0 Å². The highest BCUT2D eigenvalue weighted by Gasteiger charge is 2.31. The van der Waals surface area contributed by atoms with Gasteiger partial charge in [0, 0.05) is 48.0 Å². The van der Waals surface area contributed by atoms with Crippen molar-refractivity contribution in [2.45, 2.75) is 25.4 Å². The third kappa shape index (κ3) is 5.36. The number of nitrogens with one attached hydrogen (secondary N) is 1. The Morgan fingerprint density at radius 3 is 2.78 bits per heavy atom. The summed E-state index contributed by atoms with van der Waals surface area (Å²) in [4.78, 5) is 28.1. The highest BCUT2D eigenvalue weighted by Crippen LogP contribution is 2.33. The standard InChI is InChI=1S/C21H19ClF3N5OS/c22-17-5-4-15(21(23,24)25)9-14(17)10-16-11-28-20(32-16)29-18(31)13-3-1-8-30(12-13)19-26-6-2-7-27-19/h2,4-7,9,11,13H,1,3,8,10,12H2,(H,28,29,31). The highest BCUT2D eigenvalue weighted by molar-refractivity contribution is 7.15. The Hall–Kier alpha value is -2.72. The van der Waals surface area contributed by atoms with E-state index in [0.29, 0.717) is 28.1 Å². The summed E-state index contributed by atoms with van der Waals surface area (Å²) in [6, 6.07) is 4.99. The molecule has 1 aliphatic rings. The summed E-state index contributed by atoms with van der Waals surface area (Å²) in [5, 5.41) is 3.48. The number of anilines is 2. The van der Waals surface area contributed by atoms with Crippen LogP contribution in [0.15, 0.2) is 42.9 Å². The molecule has 2 aromatic heterocycles. The fraction of sp³-hybridized carbons (Fsp3) is 0.333. The SMILES string of the molecule is O=C(Nc1ncc(Cc2cc(C(F)(F)F)ccc2Cl)s1)C1CCCN(c2ncccn2)C1. The molecule has 3 aromatic rings. The van der Waals surface area contributed by atoms with Crippen LogP contribution in [0.4, 0.5) is 24.3 Å². The van der Waals surface area contributed by atoms with Crippen molar-refractivity contribution in [2.24, 2.45) is 5.92 Å². The first-order valence-corrected chi connectivity index (χ1v) is 11.1.